The zero-order valence-corrected chi connectivity index (χ0v) is 18.0. The molecule has 29 heavy (non-hydrogen) atoms. The van der Waals surface area contributed by atoms with Crippen LogP contribution in [0.2, 0.25) is 0 Å². The molecule has 4 rings (SSSR count). The van der Waals surface area contributed by atoms with Crippen LogP contribution < -0.4 is 10.9 Å². The Kier molecular flexibility index (Phi) is 5.54. The maximum Gasteiger partial charge on any atom is 0.262 e. The molecule has 1 amide bonds. The number of carbonyl (C=O) groups is 1. The van der Waals surface area contributed by atoms with Gasteiger partial charge in [-0.15, -0.1) is 11.3 Å². The first-order valence-electron chi connectivity index (χ1n) is 10.3. The van der Waals surface area contributed by atoms with Crippen molar-refractivity contribution < 1.29 is 4.79 Å². The molecule has 5 nitrogen and oxygen atoms in total. The first-order chi connectivity index (χ1) is 14.0. The zero-order chi connectivity index (χ0) is 20.5. The van der Waals surface area contributed by atoms with Crippen LogP contribution in [0.4, 0.5) is 0 Å². The Bertz CT molecular complexity index is 1100. The normalized spacial score (nSPS) is 17.1. The Labute approximate surface area is 174 Å². The van der Waals surface area contributed by atoms with E-state index < -0.39 is 0 Å². The first kappa shape index (κ1) is 19.8. The number of rotatable bonds is 5. The van der Waals surface area contributed by atoms with Crippen LogP contribution in [0, 0.1) is 12.8 Å². The van der Waals surface area contributed by atoms with E-state index in [-0.39, 0.29) is 24.1 Å². The molecule has 1 aromatic carbocycles. The highest BCUT2D eigenvalue weighted by Crippen LogP contribution is 2.35. The molecule has 0 saturated carbocycles. The molecule has 0 radical (unpaired) electrons. The smallest absolute Gasteiger partial charge is 0.262 e. The van der Waals surface area contributed by atoms with E-state index in [0.717, 1.165) is 47.0 Å². The molecular weight excluding hydrogens is 382 g/mol. The molecule has 3 aromatic rings. The molecule has 0 saturated heterocycles. The van der Waals surface area contributed by atoms with E-state index in [1.165, 1.54) is 21.3 Å². The SMILES string of the molecule is CC[C@H](NC(=O)Cn1cnc2sc3c(c2c1=O)CC[C@@H](C)C3)c1ccc(C)cc1. The molecule has 2 atom stereocenters. The fraction of sp³-hybridized carbons (Fsp3) is 0.435. The zero-order valence-electron chi connectivity index (χ0n) is 17.2. The molecule has 152 valence electrons. The number of benzene rings is 1. The molecule has 0 unspecified atom stereocenters. The van der Waals surface area contributed by atoms with E-state index in [1.807, 2.05) is 38.1 Å². The van der Waals surface area contributed by atoms with E-state index in [1.54, 1.807) is 11.3 Å². The topological polar surface area (TPSA) is 64.0 Å². The van der Waals surface area contributed by atoms with Crippen LogP contribution in [-0.4, -0.2) is 15.5 Å². The highest BCUT2D eigenvalue weighted by atomic mass is 32.1. The lowest BCUT2D eigenvalue weighted by Crippen LogP contribution is -2.34. The minimum Gasteiger partial charge on any atom is -0.348 e. The maximum atomic E-state index is 13.1. The Balaban J connectivity index is 1.55. The van der Waals surface area contributed by atoms with Gasteiger partial charge in [-0.05, 0) is 49.7 Å². The molecule has 0 bridgehead atoms. The van der Waals surface area contributed by atoms with Gasteiger partial charge >= 0.3 is 0 Å². The molecular formula is C23H27N3O2S. The first-order valence-corrected chi connectivity index (χ1v) is 11.1. The quantitative estimate of drug-likeness (QED) is 0.688. The Morgan fingerprint density at radius 3 is 2.83 bits per heavy atom. The Morgan fingerprint density at radius 1 is 1.34 bits per heavy atom. The van der Waals surface area contributed by atoms with Crippen LogP contribution in [0.1, 0.15) is 54.3 Å². The summed E-state index contributed by atoms with van der Waals surface area (Å²) in [6.45, 7) is 6.33. The molecule has 0 spiro atoms. The number of thiophene rings is 1. The summed E-state index contributed by atoms with van der Waals surface area (Å²) >= 11 is 1.63. The second-order valence-electron chi connectivity index (χ2n) is 8.15. The van der Waals surface area contributed by atoms with E-state index in [2.05, 4.69) is 17.2 Å². The van der Waals surface area contributed by atoms with Gasteiger partial charge in [-0.3, -0.25) is 14.2 Å². The monoisotopic (exact) mass is 409 g/mol. The standard InChI is InChI=1S/C23H27N3O2S/c1-4-18(16-8-5-14(2)6-9-16)25-20(27)12-26-13-24-22-21(23(26)28)17-10-7-15(3)11-19(17)29-22/h5-6,8-9,13,15,18H,4,7,10-12H2,1-3H3,(H,25,27)/t15-,18+/m1/s1. The molecule has 2 aromatic heterocycles. The largest absolute Gasteiger partial charge is 0.348 e. The van der Waals surface area contributed by atoms with Gasteiger partial charge in [0.15, 0.2) is 0 Å². The number of hydrogen-bond donors (Lipinski definition) is 1. The predicted molar refractivity (Wildman–Crippen MR) is 117 cm³/mol. The summed E-state index contributed by atoms with van der Waals surface area (Å²) in [4.78, 5) is 32.4. The van der Waals surface area contributed by atoms with Crippen LogP contribution in [0.15, 0.2) is 35.4 Å². The summed E-state index contributed by atoms with van der Waals surface area (Å²) in [5.74, 6) is 0.481. The predicted octanol–water partition coefficient (Wildman–Crippen LogP) is 4.16. The minimum absolute atomic E-state index is 0.00877. The van der Waals surface area contributed by atoms with Gasteiger partial charge in [0.1, 0.15) is 11.4 Å². The van der Waals surface area contributed by atoms with Crippen molar-refractivity contribution in [3.8, 4) is 0 Å². The Morgan fingerprint density at radius 2 is 2.10 bits per heavy atom. The molecule has 0 fully saturated rings. The second kappa shape index (κ2) is 8.11. The average molecular weight is 410 g/mol. The molecule has 0 aliphatic heterocycles. The third kappa shape index (κ3) is 3.99. The van der Waals surface area contributed by atoms with Crippen molar-refractivity contribution in [2.75, 3.05) is 0 Å². The van der Waals surface area contributed by atoms with Crippen LogP contribution in [0.5, 0.6) is 0 Å². The van der Waals surface area contributed by atoms with E-state index >= 15 is 0 Å². The van der Waals surface area contributed by atoms with Gasteiger partial charge in [-0.2, -0.15) is 0 Å². The fourth-order valence-corrected chi connectivity index (χ4v) is 5.43. The lowest BCUT2D eigenvalue weighted by Gasteiger charge is -2.18. The molecule has 2 heterocycles. The summed E-state index contributed by atoms with van der Waals surface area (Å²) in [6.07, 6.45) is 5.35. The summed E-state index contributed by atoms with van der Waals surface area (Å²) in [6, 6.07) is 8.12. The van der Waals surface area contributed by atoms with Crippen molar-refractivity contribution in [1.29, 1.82) is 0 Å². The van der Waals surface area contributed by atoms with Crippen LogP contribution in [0.3, 0.4) is 0 Å². The van der Waals surface area contributed by atoms with Gasteiger partial charge in [0.25, 0.3) is 5.56 Å². The van der Waals surface area contributed by atoms with E-state index in [0.29, 0.717) is 5.92 Å². The van der Waals surface area contributed by atoms with Gasteiger partial charge in [-0.1, -0.05) is 43.7 Å². The third-order valence-electron chi connectivity index (χ3n) is 5.82. The van der Waals surface area contributed by atoms with E-state index in [9.17, 15) is 9.59 Å². The van der Waals surface area contributed by atoms with Gasteiger partial charge in [-0.25, -0.2) is 4.98 Å². The number of amides is 1. The summed E-state index contributed by atoms with van der Waals surface area (Å²) < 4.78 is 1.45. The van der Waals surface area contributed by atoms with Crippen LogP contribution >= 0.6 is 11.3 Å². The minimum atomic E-state index is -0.168. The fourth-order valence-electron chi connectivity index (χ4n) is 4.09. The molecule has 1 aliphatic carbocycles. The van der Waals surface area contributed by atoms with Gasteiger partial charge in [0.05, 0.1) is 17.8 Å². The van der Waals surface area contributed by atoms with Gasteiger partial charge in [0.2, 0.25) is 5.91 Å². The number of aromatic nitrogens is 2. The van der Waals surface area contributed by atoms with Crippen molar-refractivity contribution in [3.05, 3.63) is 62.5 Å². The van der Waals surface area contributed by atoms with Crippen molar-refractivity contribution in [2.24, 2.45) is 5.92 Å². The molecule has 6 heteroatoms. The number of nitrogens with one attached hydrogen (secondary N) is 1. The number of carbonyl (C=O) groups excluding carboxylic acids is 1. The molecule has 1 N–H and O–H groups in total. The van der Waals surface area contributed by atoms with E-state index in [4.69, 9.17) is 0 Å². The van der Waals surface area contributed by atoms with Crippen molar-refractivity contribution in [2.45, 2.75) is 59.0 Å². The van der Waals surface area contributed by atoms with Crippen molar-refractivity contribution in [1.82, 2.24) is 14.9 Å². The lowest BCUT2D eigenvalue weighted by molar-refractivity contribution is -0.122. The summed E-state index contributed by atoms with van der Waals surface area (Å²) in [5, 5.41) is 3.78. The average Bonchev–Trinajstić information content (AvgIpc) is 3.07. The van der Waals surface area contributed by atoms with Crippen LogP contribution in [-0.2, 0) is 24.2 Å². The highest BCUT2D eigenvalue weighted by Gasteiger charge is 2.23. The second-order valence-corrected chi connectivity index (χ2v) is 9.23. The number of aryl methyl sites for hydroxylation is 2. The highest BCUT2D eigenvalue weighted by molar-refractivity contribution is 7.18. The number of hydrogen-bond acceptors (Lipinski definition) is 4. The number of fused-ring (bicyclic) bond motifs is 3. The summed E-state index contributed by atoms with van der Waals surface area (Å²) in [5.41, 5.74) is 3.32. The van der Waals surface area contributed by atoms with Crippen LogP contribution in [0.25, 0.3) is 10.2 Å². The van der Waals surface area contributed by atoms with Gasteiger partial charge < -0.3 is 5.32 Å². The maximum absolute atomic E-state index is 13.1. The van der Waals surface area contributed by atoms with Crippen molar-refractivity contribution in [3.63, 3.8) is 0 Å². The summed E-state index contributed by atoms with van der Waals surface area (Å²) in [7, 11) is 0. The third-order valence-corrected chi connectivity index (χ3v) is 6.98. The lowest BCUT2D eigenvalue weighted by atomic mass is 9.89. The number of nitrogens with zero attached hydrogens (tertiary/aromatic N) is 2. The van der Waals surface area contributed by atoms with Crippen molar-refractivity contribution >= 4 is 27.5 Å². The Hall–Kier alpha value is -2.47. The molecule has 1 aliphatic rings. The van der Waals surface area contributed by atoms with Gasteiger partial charge in [0, 0.05) is 4.88 Å².